The fraction of sp³-hybridized carbons (Fsp3) is 0.625. The van der Waals surface area contributed by atoms with Crippen LogP contribution in [0.25, 0.3) is 0 Å². The predicted octanol–water partition coefficient (Wildman–Crippen LogP) is 3.38. The van der Waals surface area contributed by atoms with E-state index < -0.39 is 0 Å². The van der Waals surface area contributed by atoms with Crippen LogP contribution in [0.4, 0.5) is 5.69 Å². The molecule has 1 fully saturated rings. The van der Waals surface area contributed by atoms with Crippen molar-refractivity contribution in [3.63, 3.8) is 0 Å². The molecule has 1 aromatic heterocycles. The van der Waals surface area contributed by atoms with Gasteiger partial charge in [0.1, 0.15) is 17.7 Å². The van der Waals surface area contributed by atoms with Crippen molar-refractivity contribution in [2.45, 2.75) is 46.1 Å². The van der Waals surface area contributed by atoms with Gasteiger partial charge in [0.25, 0.3) is 0 Å². The van der Waals surface area contributed by atoms with Gasteiger partial charge in [-0.05, 0) is 36.7 Å². The summed E-state index contributed by atoms with van der Waals surface area (Å²) >= 11 is 0. The van der Waals surface area contributed by atoms with Crippen LogP contribution in [0, 0.1) is 29.1 Å². The Bertz CT molecular complexity index is 507. The van der Waals surface area contributed by atoms with E-state index in [-0.39, 0.29) is 6.10 Å². The molecule has 108 valence electrons. The number of hydrogen-bond donors (Lipinski definition) is 1. The van der Waals surface area contributed by atoms with E-state index >= 15 is 0 Å². The molecule has 1 aliphatic carbocycles. The second-order valence-corrected chi connectivity index (χ2v) is 6.22. The number of hydrogen-bond acceptors (Lipinski definition) is 4. The summed E-state index contributed by atoms with van der Waals surface area (Å²) in [6, 6.07) is 3.74. The highest BCUT2D eigenvalue weighted by molar-refractivity contribution is 5.48. The molecule has 1 saturated carbocycles. The molecule has 20 heavy (non-hydrogen) atoms. The second-order valence-electron chi connectivity index (χ2n) is 6.22. The van der Waals surface area contributed by atoms with Gasteiger partial charge in [-0.1, -0.05) is 27.2 Å². The van der Waals surface area contributed by atoms with Crippen molar-refractivity contribution in [2.75, 3.05) is 5.73 Å². The number of nitrogen functional groups attached to an aromatic ring is 1. The van der Waals surface area contributed by atoms with Gasteiger partial charge in [-0.2, -0.15) is 5.26 Å². The third kappa shape index (κ3) is 3.22. The summed E-state index contributed by atoms with van der Waals surface area (Å²) in [7, 11) is 0. The number of nitrogens with two attached hydrogens (primary N) is 1. The summed E-state index contributed by atoms with van der Waals surface area (Å²) in [4.78, 5) is 4.19. The van der Waals surface area contributed by atoms with Gasteiger partial charge in [-0.15, -0.1) is 0 Å². The van der Waals surface area contributed by atoms with Crippen molar-refractivity contribution < 1.29 is 4.74 Å². The van der Waals surface area contributed by atoms with E-state index in [9.17, 15) is 5.26 Å². The summed E-state index contributed by atoms with van der Waals surface area (Å²) in [6.07, 6.45) is 5.15. The van der Waals surface area contributed by atoms with Crippen LogP contribution in [0.1, 0.15) is 45.6 Å². The zero-order valence-electron chi connectivity index (χ0n) is 12.5. The van der Waals surface area contributed by atoms with E-state index in [1.165, 1.54) is 12.8 Å². The van der Waals surface area contributed by atoms with Gasteiger partial charge in [-0.3, -0.25) is 0 Å². The third-order valence-electron chi connectivity index (χ3n) is 4.22. The number of nitrogens with zero attached hydrogens (tertiary/aromatic N) is 2. The zero-order valence-corrected chi connectivity index (χ0v) is 12.5. The molecule has 4 nitrogen and oxygen atoms in total. The fourth-order valence-corrected chi connectivity index (χ4v) is 3.04. The Morgan fingerprint density at radius 2 is 2.20 bits per heavy atom. The van der Waals surface area contributed by atoms with Crippen LogP contribution in [0.3, 0.4) is 0 Å². The Labute approximate surface area is 121 Å². The van der Waals surface area contributed by atoms with Crippen LogP contribution in [0.15, 0.2) is 12.3 Å². The van der Waals surface area contributed by atoms with Crippen LogP contribution in [0.5, 0.6) is 5.88 Å². The first-order valence-corrected chi connectivity index (χ1v) is 7.33. The zero-order chi connectivity index (χ0) is 14.7. The van der Waals surface area contributed by atoms with Crippen LogP contribution < -0.4 is 10.5 Å². The summed E-state index contributed by atoms with van der Waals surface area (Å²) in [6.45, 7) is 6.73. The SMILES string of the molecule is CC1CCC(C(C)C)C(Oc2ncc(N)cc2C#N)C1. The Kier molecular flexibility index (Phi) is 4.49. The first kappa shape index (κ1) is 14.6. The lowest BCUT2D eigenvalue weighted by Gasteiger charge is -2.37. The Morgan fingerprint density at radius 1 is 1.45 bits per heavy atom. The van der Waals surface area contributed by atoms with Gasteiger partial charge in [0.05, 0.1) is 11.9 Å². The molecule has 2 N–H and O–H groups in total. The molecule has 0 aliphatic heterocycles. The largest absolute Gasteiger partial charge is 0.473 e. The number of pyridine rings is 1. The van der Waals surface area contributed by atoms with Crippen LogP contribution in [-0.4, -0.2) is 11.1 Å². The van der Waals surface area contributed by atoms with Gasteiger partial charge in [0.2, 0.25) is 5.88 Å². The average molecular weight is 273 g/mol. The first-order chi connectivity index (χ1) is 9.51. The lowest BCUT2D eigenvalue weighted by atomic mass is 9.75. The quantitative estimate of drug-likeness (QED) is 0.916. The van der Waals surface area contributed by atoms with E-state index in [4.69, 9.17) is 10.5 Å². The monoisotopic (exact) mass is 273 g/mol. The maximum atomic E-state index is 9.17. The van der Waals surface area contributed by atoms with Crippen molar-refractivity contribution >= 4 is 5.69 Å². The average Bonchev–Trinajstić information content (AvgIpc) is 2.40. The molecule has 0 bridgehead atoms. The van der Waals surface area contributed by atoms with Gasteiger partial charge in [0.15, 0.2) is 0 Å². The van der Waals surface area contributed by atoms with Gasteiger partial charge >= 0.3 is 0 Å². The summed E-state index contributed by atoms with van der Waals surface area (Å²) in [5.41, 5.74) is 6.58. The van der Waals surface area contributed by atoms with Crippen LogP contribution in [0.2, 0.25) is 0 Å². The summed E-state index contributed by atoms with van der Waals surface area (Å²) in [5.74, 6) is 2.18. The molecule has 0 amide bonds. The molecule has 0 aromatic carbocycles. The third-order valence-corrected chi connectivity index (χ3v) is 4.22. The molecule has 0 spiro atoms. The van der Waals surface area contributed by atoms with Gasteiger partial charge in [0, 0.05) is 0 Å². The Balaban J connectivity index is 2.20. The van der Waals surface area contributed by atoms with E-state index in [1.54, 1.807) is 12.3 Å². The maximum absolute atomic E-state index is 9.17. The Morgan fingerprint density at radius 3 is 2.85 bits per heavy atom. The first-order valence-electron chi connectivity index (χ1n) is 7.33. The van der Waals surface area contributed by atoms with Crippen molar-refractivity contribution in [2.24, 2.45) is 17.8 Å². The van der Waals surface area contributed by atoms with Crippen molar-refractivity contribution in [1.82, 2.24) is 4.98 Å². The summed E-state index contributed by atoms with van der Waals surface area (Å²) < 4.78 is 6.09. The molecule has 0 radical (unpaired) electrons. The summed E-state index contributed by atoms with van der Waals surface area (Å²) in [5, 5.41) is 9.17. The van der Waals surface area contributed by atoms with E-state index in [2.05, 4.69) is 31.8 Å². The Hall–Kier alpha value is -1.76. The minimum Gasteiger partial charge on any atom is -0.473 e. The smallest absolute Gasteiger partial charge is 0.232 e. The van der Waals surface area contributed by atoms with Gasteiger partial charge in [-0.25, -0.2) is 4.98 Å². The van der Waals surface area contributed by atoms with Crippen LogP contribution in [-0.2, 0) is 0 Å². The molecule has 3 unspecified atom stereocenters. The van der Waals surface area contributed by atoms with E-state index in [0.717, 1.165) is 6.42 Å². The lowest BCUT2D eigenvalue weighted by molar-refractivity contribution is 0.0424. The standard InChI is InChI=1S/C16H23N3O/c1-10(2)14-5-4-11(3)6-15(14)20-16-12(8-17)7-13(18)9-19-16/h7,9-11,14-15H,4-6,18H2,1-3H3. The van der Waals surface area contributed by atoms with Crippen molar-refractivity contribution in [1.29, 1.82) is 5.26 Å². The maximum Gasteiger partial charge on any atom is 0.232 e. The molecule has 0 saturated heterocycles. The van der Waals surface area contributed by atoms with Crippen molar-refractivity contribution in [3.05, 3.63) is 17.8 Å². The van der Waals surface area contributed by atoms with Crippen molar-refractivity contribution in [3.8, 4) is 11.9 Å². The lowest BCUT2D eigenvalue weighted by Crippen LogP contribution is -2.36. The highest BCUT2D eigenvalue weighted by atomic mass is 16.5. The highest BCUT2D eigenvalue weighted by Crippen LogP contribution is 2.36. The molecule has 4 heteroatoms. The molecule has 1 heterocycles. The second kappa shape index (κ2) is 6.13. The molecule has 1 aromatic rings. The molecular weight excluding hydrogens is 250 g/mol. The molecule has 2 rings (SSSR count). The van der Waals surface area contributed by atoms with Crippen LogP contribution >= 0.6 is 0 Å². The normalized spacial score (nSPS) is 26.2. The molecule has 1 aliphatic rings. The van der Waals surface area contributed by atoms with E-state index in [1.807, 2.05) is 0 Å². The number of rotatable bonds is 3. The predicted molar refractivity (Wildman–Crippen MR) is 79.1 cm³/mol. The number of aromatic nitrogens is 1. The van der Waals surface area contributed by atoms with E-state index in [0.29, 0.717) is 34.9 Å². The topological polar surface area (TPSA) is 71.9 Å². The number of ether oxygens (including phenoxy) is 1. The fourth-order valence-electron chi connectivity index (χ4n) is 3.04. The minimum absolute atomic E-state index is 0.141. The number of anilines is 1. The van der Waals surface area contributed by atoms with Gasteiger partial charge < -0.3 is 10.5 Å². The molecule has 3 atom stereocenters. The minimum atomic E-state index is 0.141. The molecular formula is C16H23N3O. The highest BCUT2D eigenvalue weighted by Gasteiger charge is 2.32. The number of nitriles is 1.